The molecule has 0 radical (unpaired) electrons. The summed E-state index contributed by atoms with van der Waals surface area (Å²) in [7, 11) is 1.62. The number of nitrogens with zero attached hydrogens (tertiary/aromatic N) is 4. The molecule has 2 heterocycles. The van der Waals surface area contributed by atoms with Crippen LogP contribution in [0.25, 0.3) is 22.4 Å². The molecule has 0 aliphatic heterocycles. The highest BCUT2D eigenvalue weighted by Gasteiger charge is 2.13. The molecule has 0 amide bonds. The number of hydrogen-bond donors (Lipinski definition) is 1. The van der Waals surface area contributed by atoms with E-state index in [1.165, 1.54) is 28.8 Å². The Morgan fingerprint density at radius 2 is 1.73 bits per heavy atom. The average Bonchev–Trinajstić information content (AvgIpc) is 2.67. The predicted molar refractivity (Wildman–Crippen MR) is 97.7 cm³/mol. The highest BCUT2D eigenvalue weighted by atomic mass is 19.1. The number of aryl methyl sites for hydroxylation is 1. The van der Waals surface area contributed by atoms with Gasteiger partial charge in [0.15, 0.2) is 5.65 Å². The second-order valence-electron chi connectivity index (χ2n) is 5.72. The Labute approximate surface area is 148 Å². The topological polar surface area (TPSA) is 72.7 Å². The van der Waals surface area contributed by atoms with Gasteiger partial charge in [0.05, 0.1) is 6.20 Å². The van der Waals surface area contributed by atoms with Gasteiger partial charge in [-0.3, -0.25) is 9.36 Å². The van der Waals surface area contributed by atoms with Crippen LogP contribution >= 0.6 is 0 Å². The standard InChI is InChI=1S/C19H14FN5O/c1-25-17-15(11-21-19(24-17)22-14-5-3-2-4-6-14)23-16(18(25)26)12-7-9-13(20)10-8-12/h2-11H,1H3,(H,21,22,24). The summed E-state index contributed by atoms with van der Waals surface area (Å²) in [5.74, 6) is 0.00126. The molecule has 7 heteroatoms. The number of anilines is 2. The number of nitrogens with one attached hydrogen (secondary N) is 1. The van der Waals surface area contributed by atoms with E-state index in [4.69, 9.17) is 0 Å². The van der Waals surface area contributed by atoms with E-state index in [9.17, 15) is 9.18 Å². The Kier molecular flexibility index (Phi) is 3.89. The zero-order valence-electron chi connectivity index (χ0n) is 13.8. The van der Waals surface area contributed by atoms with Crippen molar-refractivity contribution in [3.05, 3.63) is 77.0 Å². The molecular formula is C19H14FN5O. The minimum absolute atomic E-state index is 0.229. The van der Waals surface area contributed by atoms with E-state index < -0.39 is 0 Å². The van der Waals surface area contributed by atoms with Gasteiger partial charge in [0.25, 0.3) is 5.56 Å². The molecule has 0 spiro atoms. The van der Waals surface area contributed by atoms with Crippen LogP contribution in [0.15, 0.2) is 65.6 Å². The average molecular weight is 347 g/mol. The summed E-state index contributed by atoms with van der Waals surface area (Å²) in [4.78, 5) is 25.7. The quantitative estimate of drug-likeness (QED) is 0.616. The third-order valence-electron chi connectivity index (χ3n) is 3.95. The molecular weight excluding hydrogens is 333 g/mol. The van der Waals surface area contributed by atoms with Gasteiger partial charge in [-0.05, 0) is 36.4 Å². The van der Waals surface area contributed by atoms with Gasteiger partial charge in [-0.1, -0.05) is 18.2 Å². The van der Waals surface area contributed by atoms with Crippen LogP contribution in [-0.4, -0.2) is 19.5 Å². The molecule has 0 saturated carbocycles. The zero-order valence-corrected chi connectivity index (χ0v) is 13.8. The first-order valence-electron chi connectivity index (χ1n) is 7.93. The fourth-order valence-corrected chi connectivity index (χ4v) is 2.62. The third kappa shape index (κ3) is 2.90. The van der Waals surface area contributed by atoms with Crippen molar-refractivity contribution in [1.29, 1.82) is 0 Å². The molecule has 0 unspecified atom stereocenters. The predicted octanol–water partition coefficient (Wildman–Crippen LogP) is 3.27. The van der Waals surface area contributed by atoms with Gasteiger partial charge in [0.2, 0.25) is 5.95 Å². The Balaban J connectivity index is 1.80. The maximum Gasteiger partial charge on any atom is 0.278 e. The van der Waals surface area contributed by atoms with Crippen molar-refractivity contribution in [1.82, 2.24) is 19.5 Å². The van der Waals surface area contributed by atoms with Crippen LogP contribution in [0.2, 0.25) is 0 Å². The first-order valence-corrected chi connectivity index (χ1v) is 7.93. The van der Waals surface area contributed by atoms with Crippen LogP contribution in [-0.2, 0) is 7.05 Å². The molecule has 0 bridgehead atoms. The molecule has 128 valence electrons. The van der Waals surface area contributed by atoms with Crippen molar-refractivity contribution in [2.75, 3.05) is 5.32 Å². The lowest BCUT2D eigenvalue weighted by Crippen LogP contribution is -2.22. The molecule has 0 saturated heterocycles. The number of halogens is 1. The van der Waals surface area contributed by atoms with Gasteiger partial charge in [0.1, 0.15) is 17.0 Å². The summed E-state index contributed by atoms with van der Waals surface area (Å²) in [5.41, 5.74) is 2.19. The van der Waals surface area contributed by atoms with Crippen molar-refractivity contribution in [3.8, 4) is 11.3 Å². The molecule has 2 aromatic carbocycles. The zero-order chi connectivity index (χ0) is 18.1. The summed E-state index contributed by atoms with van der Waals surface area (Å²) in [6.07, 6.45) is 1.56. The fourth-order valence-electron chi connectivity index (χ4n) is 2.62. The molecule has 2 aromatic heterocycles. The van der Waals surface area contributed by atoms with Crippen LogP contribution in [0.3, 0.4) is 0 Å². The molecule has 0 atom stereocenters. The maximum absolute atomic E-state index is 13.1. The van der Waals surface area contributed by atoms with E-state index in [0.717, 1.165) is 5.69 Å². The van der Waals surface area contributed by atoms with Crippen molar-refractivity contribution >= 4 is 22.8 Å². The first-order chi connectivity index (χ1) is 12.6. The summed E-state index contributed by atoms with van der Waals surface area (Å²) in [5, 5.41) is 3.09. The number of aromatic nitrogens is 4. The van der Waals surface area contributed by atoms with Crippen LogP contribution in [0, 0.1) is 5.82 Å². The van der Waals surface area contributed by atoms with E-state index >= 15 is 0 Å². The Morgan fingerprint density at radius 1 is 1.00 bits per heavy atom. The third-order valence-corrected chi connectivity index (χ3v) is 3.95. The van der Waals surface area contributed by atoms with Crippen LogP contribution in [0.5, 0.6) is 0 Å². The minimum atomic E-state index is -0.369. The molecule has 4 rings (SSSR count). The molecule has 0 aliphatic rings. The number of para-hydroxylation sites is 1. The molecule has 4 aromatic rings. The van der Waals surface area contributed by atoms with Crippen LogP contribution < -0.4 is 10.9 Å². The lowest BCUT2D eigenvalue weighted by molar-refractivity contribution is 0.628. The monoisotopic (exact) mass is 347 g/mol. The highest BCUT2D eigenvalue weighted by Crippen LogP contribution is 2.18. The van der Waals surface area contributed by atoms with E-state index in [-0.39, 0.29) is 17.1 Å². The Hall–Kier alpha value is -3.61. The summed E-state index contributed by atoms with van der Waals surface area (Å²) in [6.45, 7) is 0. The largest absolute Gasteiger partial charge is 0.324 e. The van der Waals surface area contributed by atoms with Crippen molar-refractivity contribution in [3.63, 3.8) is 0 Å². The molecule has 0 aliphatic carbocycles. The number of fused-ring (bicyclic) bond motifs is 1. The van der Waals surface area contributed by atoms with Gasteiger partial charge < -0.3 is 5.32 Å². The second kappa shape index (κ2) is 6.36. The summed E-state index contributed by atoms with van der Waals surface area (Å²) in [6, 6.07) is 15.1. The van der Waals surface area contributed by atoms with E-state index in [0.29, 0.717) is 22.7 Å². The fraction of sp³-hybridized carbons (Fsp3) is 0.0526. The Morgan fingerprint density at radius 3 is 2.46 bits per heavy atom. The van der Waals surface area contributed by atoms with Crippen LogP contribution in [0.4, 0.5) is 16.0 Å². The van der Waals surface area contributed by atoms with Crippen LogP contribution in [0.1, 0.15) is 0 Å². The highest BCUT2D eigenvalue weighted by molar-refractivity contribution is 5.75. The van der Waals surface area contributed by atoms with Gasteiger partial charge in [0, 0.05) is 18.3 Å². The number of hydrogen-bond acceptors (Lipinski definition) is 5. The lowest BCUT2D eigenvalue weighted by Gasteiger charge is -2.09. The van der Waals surface area contributed by atoms with Crippen molar-refractivity contribution in [2.45, 2.75) is 0 Å². The molecule has 1 N–H and O–H groups in total. The van der Waals surface area contributed by atoms with E-state index in [2.05, 4.69) is 20.3 Å². The first kappa shape index (κ1) is 15.9. The van der Waals surface area contributed by atoms with Gasteiger partial charge in [-0.25, -0.2) is 14.4 Å². The van der Waals surface area contributed by atoms with E-state index in [1.54, 1.807) is 13.2 Å². The van der Waals surface area contributed by atoms with Crippen molar-refractivity contribution < 1.29 is 4.39 Å². The minimum Gasteiger partial charge on any atom is -0.324 e. The molecule has 0 fully saturated rings. The smallest absolute Gasteiger partial charge is 0.278 e. The summed E-state index contributed by atoms with van der Waals surface area (Å²) >= 11 is 0. The second-order valence-corrected chi connectivity index (χ2v) is 5.72. The summed E-state index contributed by atoms with van der Waals surface area (Å²) < 4.78 is 14.5. The molecule has 6 nitrogen and oxygen atoms in total. The number of rotatable bonds is 3. The number of benzene rings is 2. The maximum atomic E-state index is 13.1. The van der Waals surface area contributed by atoms with Crippen molar-refractivity contribution in [2.24, 2.45) is 7.05 Å². The lowest BCUT2D eigenvalue weighted by atomic mass is 10.1. The van der Waals surface area contributed by atoms with Gasteiger partial charge >= 0.3 is 0 Å². The van der Waals surface area contributed by atoms with E-state index in [1.807, 2.05) is 30.3 Å². The van der Waals surface area contributed by atoms with Gasteiger partial charge in [-0.2, -0.15) is 4.98 Å². The Bertz CT molecular complexity index is 1140. The SMILES string of the molecule is Cn1c(=O)c(-c2ccc(F)cc2)nc2cnc(Nc3ccccc3)nc21. The van der Waals surface area contributed by atoms with Gasteiger partial charge in [-0.15, -0.1) is 0 Å². The normalized spacial score (nSPS) is 10.8. The molecule has 26 heavy (non-hydrogen) atoms.